The highest BCUT2D eigenvalue weighted by Crippen LogP contribution is 2.28. The molecule has 38 heavy (non-hydrogen) atoms. The third-order valence-electron chi connectivity index (χ3n) is 8.05. The summed E-state index contributed by atoms with van der Waals surface area (Å²) in [6.07, 6.45) is 5.43. The zero-order valence-corrected chi connectivity index (χ0v) is 22.3. The lowest BCUT2D eigenvalue weighted by Crippen LogP contribution is -2.38. The van der Waals surface area contributed by atoms with E-state index < -0.39 is 6.10 Å². The third kappa shape index (κ3) is 5.97. The number of hydrogen-bond acceptors (Lipinski definition) is 8. The second-order valence-corrected chi connectivity index (χ2v) is 10.9. The number of benzene rings is 2. The molecule has 0 radical (unpaired) electrons. The van der Waals surface area contributed by atoms with Crippen LogP contribution in [0.2, 0.25) is 0 Å². The molecule has 1 aromatic heterocycles. The summed E-state index contributed by atoms with van der Waals surface area (Å²) in [7, 11) is 0. The van der Waals surface area contributed by atoms with Crippen LogP contribution in [0.25, 0.3) is 10.8 Å². The van der Waals surface area contributed by atoms with Crippen molar-refractivity contribution in [2.24, 2.45) is 0 Å². The molecule has 2 aromatic carbocycles. The molecule has 202 valence electrons. The van der Waals surface area contributed by atoms with Gasteiger partial charge in [0.05, 0.1) is 0 Å². The maximum atomic E-state index is 10.8. The summed E-state index contributed by atoms with van der Waals surface area (Å²) in [6.45, 7) is 8.91. The lowest BCUT2D eigenvalue weighted by atomic mass is 10.1. The van der Waals surface area contributed by atoms with Gasteiger partial charge in [0.25, 0.3) is 0 Å². The average Bonchev–Trinajstić information content (AvgIpc) is 3.64. The topological polar surface area (TPSA) is 68.2 Å². The first-order chi connectivity index (χ1) is 18.7. The van der Waals surface area contributed by atoms with Crippen LogP contribution in [0.4, 0.5) is 17.6 Å². The molecule has 4 heterocycles. The molecule has 3 fully saturated rings. The van der Waals surface area contributed by atoms with Crippen molar-refractivity contribution < 1.29 is 9.84 Å². The minimum Gasteiger partial charge on any atom is -0.491 e. The maximum absolute atomic E-state index is 10.8. The van der Waals surface area contributed by atoms with Gasteiger partial charge in [0.2, 0.25) is 5.95 Å². The average molecular weight is 517 g/mol. The maximum Gasteiger partial charge on any atom is 0.229 e. The van der Waals surface area contributed by atoms with Crippen LogP contribution >= 0.6 is 0 Å². The molecule has 3 aliphatic rings. The molecule has 0 saturated carbocycles. The number of fused-ring (bicyclic) bond motifs is 1. The standard InChI is InChI=1S/C30H40N6O2/c37-26(23-38-27-11-10-24-8-1-2-9-25(24)20-27)22-33-12-7-17-35(19-18-33)29-21-28(34-13-3-4-14-34)31-30(32-29)36-15-5-6-16-36/h1-2,8-11,20-21,26,37H,3-7,12-19,22-23H2. The minimum absolute atomic E-state index is 0.294. The Bertz CT molecular complexity index is 1180. The predicted octanol–water partition coefficient (Wildman–Crippen LogP) is 3.78. The molecule has 1 N–H and O–H groups in total. The van der Waals surface area contributed by atoms with Crippen LogP contribution < -0.4 is 19.4 Å². The van der Waals surface area contributed by atoms with Crippen molar-refractivity contribution in [3.63, 3.8) is 0 Å². The molecule has 1 unspecified atom stereocenters. The van der Waals surface area contributed by atoms with Gasteiger partial charge in [-0.15, -0.1) is 0 Å². The fourth-order valence-corrected chi connectivity index (χ4v) is 5.92. The van der Waals surface area contributed by atoms with E-state index in [1.165, 1.54) is 31.1 Å². The van der Waals surface area contributed by atoms with Crippen molar-refractivity contribution in [1.82, 2.24) is 14.9 Å². The van der Waals surface area contributed by atoms with E-state index in [4.69, 9.17) is 14.7 Å². The largest absolute Gasteiger partial charge is 0.491 e. The van der Waals surface area contributed by atoms with Crippen LogP contribution in [0.1, 0.15) is 32.1 Å². The van der Waals surface area contributed by atoms with Gasteiger partial charge < -0.3 is 24.5 Å². The van der Waals surface area contributed by atoms with Crippen LogP contribution in [0.15, 0.2) is 48.5 Å². The lowest BCUT2D eigenvalue weighted by Gasteiger charge is -2.27. The molecule has 0 aliphatic carbocycles. The van der Waals surface area contributed by atoms with E-state index in [1.807, 2.05) is 24.3 Å². The molecule has 8 heteroatoms. The highest BCUT2D eigenvalue weighted by Gasteiger charge is 2.24. The second-order valence-electron chi connectivity index (χ2n) is 10.9. The van der Waals surface area contributed by atoms with Gasteiger partial charge in [-0.05, 0) is 61.6 Å². The Kier molecular flexibility index (Phi) is 7.79. The molecular formula is C30H40N6O2. The zero-order valence-electron chi connectivity index (χ0n) is 22.3. The van der Waals surface area contributed by atoms with Crippen molar-refractivity contribution in [2.45, 2.75) is 38.2 Å². The van der Waals surface area contributed by atoms with E-state index in [-0.39, 0.29) is 0 Å². The molecule has 0 amide bonds. The quantitative estimate of drug-likeness (QED) is 0.485. The molecule has 0 bridgehead atoms. The third-order valence-corrected chi connectivity index (χ3v) is 8.05. The van der Waals surface area contributed by atoms with Crippen LogP contribution in [-0.4, -0.2) is 91.6 Å². The van der Waals surface area contributed by atoms with Crippen LogP contribution in [-0.2, 0) is 0 Å². The monoisotopic (exact) mass is 516 g/mol. The van der Waals surface area contributed by atoms with Crippen LogP contribution in [0.3, 0.4) is 0 Å². The van der Waals surface area contributed by atoms with Crippen molar-refractivity contribution in [3.8, 4) is 5.75 Å². The van der Waals surface area contributed by atoms with Gasteiger partial charge in [-0.1, -0.05) is 30.3 Å². The smallest absolute Gasteiger partial charge is 0.229 e. The van der Waals surface area contributed by atoms with E-state index >= 15 is 0 Å². The second kappa shape index (κ2) is 11.7. The molecule has 3 aliphatic heterocycles. The summed E-state index contributed by atoms with van der Waals surface area (Å²) in [5.41, 5.74) is 0. The summed E-state index contributed by atoms with van der Waals surface area (Å²) in [4.78, 5) is 19.6. The Morgan fingerprint density at radius 1 is 0.684 bits per heavy atom. The van der Waals surface area contributed by atoms with Crippen molar-refractivity contribution in [1.29, 1.82) is 0 Å². The first-order valence-electron chi connectivity index (χ1n) is 14.4. The summed E-state index contributed by atoms with van der Waals surface area (Å²) < 4.78 is 5.95. The van der Waals surface area contributed by atoms with E-state index in [1.54, 1.807) is 0 Å². The first-order valence-corrected chi connectivity index (χ1v) is 14.4. The van der Waals surface area contributed by atoms with Gasteiger partial charge in [-0.3, -0.25) is 4.90 Å². The Labute approximate surface area is 225 Å². The molecule has 8 nitrogen and oxygen atoms in total. The van der Waals surface area contributed by atoms with E-state index in [0.29, 0.717) is 13.2 Å². The van der Waals surface area contributed by atoms with Gasteiger partial charge >= 0.3 is 0 Å². The fraction of sp³-hybridized carbons (Fsp3) is 0.533. The molecule has 1 atom stereocenters. The summed E-state index contributed by atoms with van der Waals surface area (Å²) >= 11 is 0. The summed E-state index contributed by atoms with van der Waals surface area (Å²) in [5, 5.41) is 13.1. The van der Waals surface area contributed by atoms with E-state index in [0.717, 1.165) is 87.5 Å². The number of nitrogens with zero attached hydrogens (tertiary/aromatic N) is 6. The Balaban J connectivity index is 1.06. The predicted molar refractivity (Wildman–Crippen MR) is 154 cm³/mol. The van der Waals surface area contributed by atoms with Gasteiger partial charge in [0.15, 0.2) is 0 Å². The Hall–Kier alpha value is -3.10. The number of anilines is 3. The lowest BCUT2D eigenvalue weighted by molar-refractivity contribution is 0.0705. The summed E-state index contributed by atoms with van der Waals surface area (Å²) in [6, 6.07) is 16.5. The number of aromatic nitrogens is 2. The highest BCUT2D eigenvalue weighted by atomic mass is 16.5. The van der Waals surface area contributed by atoms with Crippen molar-refractivity contribution in [2.75, 3.05) is 80.2 Å². The molecule has 3 aromatic rings. The van der Waals surface area contributed by atoms with Crippen molar-refractivity contribution >= 4 is 28.4 Å². The molecule has 3 saturated heterocycles. The number of aliphatic hydroxyl groups excluding tert-OH is 1. The van der Waals surface area contributed by atoms with Crippen LogP contribution in [0.5, 0.6) is 5.75 Å². The SMILES string of the molecule is OC(COc1ccc2ccccc2c1)CN1CCCN(c2cc(N3CCCC3)nc(N3CCCC3)n2)CC1. The van der Waals surface area contributed by atoms with Gasteiger partial charge in [0.1, 0.15) is 30.1 Å². The highest BCUT2D eigenvalue weighted by molar-refractivity contribution is 5.83. The minimum atomic E-state index is -0.532. The normalized spacial score (nSPS) is 19.8. The fourth-order valence-electron chi connectivity index (χ4n) is 5.92. The van der Waals surface area contributed by atoms with E-state index in [2.05, 4.69) is 43.9 Å². The molecular weight excluding hydrogens is 476 g/mol. The number of rotatable bonds is 8. The van der Waals surface area contributed by atoms with Gasteiger partial charge in [-0.2, -0.15) is 9.97 Å². The van der Waals surface area contributed by atoms with Crippen molar-refractivity contribution in [3.05, 3.63) is 48.5 Å². The van der Waals surface area contributed by atoms with Gasteiger partial charge in [0, 0.05) is 58.4 Å². The summed E-state index contributed by atoms with van der Waals surface area (Å²) in [5.74, 6) is 3.82. The number of ether oxygens (including phenoxy) is 1. The number of hydrogen-bond donors (Lipinski definition) is 1. The number of aliphatic hydroxyl groups is 1. The molecule has 6 rings (SSSR count). The van der Waals surface area contributed by atoms with Crippen LogP contribution in [0, 0.1) is 0 Å². The Morgan fingerprint density at radius 3 is 2.11 bits per heavy atom. The Morgan fingerprint density at radius 2 is 1.34 bits per heavy atom. The number of β-amino-alcohol motifs (C(OH)–C–C–N with tert-alkyl or cyclic N) is 1. The zero-order chi connectivity index (χ0) is 25.7. The van der Waals surface area contributed by atoms with E-state index in [9.17, 15) is 5.11 Å². The first kappa shape index (κ1) is 25.2. The molecule has 0 spiro atoms. The van der Waals surface area contributed by atoms with Gasteiger partial charge in [-0.25, -0.2) is 0 Å².